The van der Waals surface area contributed by atoms with Crippen molar-refractivity contribution in [3.63, 3.8) is 0 Å². The Hall–Kier alpha value is -2.56. The lowest BCUT2D eigenvalue weighted by atomic mass is 10.2. The highest BCUT2D eigenvalue weighted by Crippen LogP contribution is 2.38. The van der Waals surface area contributed by atoms with Gasteiger partial charge in [0.15, 0.2) is 11.6 Å². The largest absolute Gasteiger partial charge is 0.494 e. The second-order valence-electron chi connectivity index (χ2n) is 4.79. The molecule has 0 saturated carbocycles. The van der Waals surface area contributed by atoms with Gasteiger partial charge in [-0.05, 0) is 12.1 Å². The second-order valence-corrected chi connectivity index (χ2v) is 4.79. The van der Waals surface area contributed by atoms with Gasteiger partial charge in [-0.3, -0.25) is 4.79 Å². The number of ether oxygens (including phenoxy) is 1. The van der Waals surface area contributed by atoms with Crippen LogP contribution in [-0.2, 0) is 4.79 Å². The Morgan fingerprint density at radius 3 is 2.71 bits per heavy atom. The van der Waals surface area contributed by atoms with Crippen molar-refractivity contribution >= 4 is 23.0 Å². The predicted molar refractivity (Wildman–Crippen MR) is 79.6 cm³/mol. The Morgan fingerprint density at radius 2 is 2.00 bits per heavy atom. The zero-order valence-corrected chi connectivity index (χ0v) is 11.6. The third kappa shape index (κ3) is 2.54. The van der Waals surface area contributed by atoms with Crippen molar-refractivity contribution in [1.29, 1.82) is 0 Å². The van der Waals surface area contributed by atoms with Crippen molar-refractivity contribution in [2.45, 2.75) is 6.42 Å². The summed E-state index contributed by atoms with van der Waals surface area (Å²) in [7, 11) is 1.42. The number of para-hydroxylation sites is 1. The van der Waals surface area contributed by atoms with Gasteiger partial charge in [-0.25, -0.2) is 4.39 Å². The minimum Gasteiger partial charge on any atom is -0.494 e. The maximum atomic E-state index is 13.9. The van der Waals surface area contributed by atoms with Crippen LogP contribution in [0.25, 0.3) is 0 Å². The number of methoxy groups -OCH3 is 1. The number of nitrogens with zero attached hydrogens (tertiary/aromatic N) is 1. The zero-order chi connectivity index (χ0) is 14.8. The van der Waals surface area contributed by atoms with Crippen molar-refractivity contribution in [2.24, 2.45) is 0 Å². The minimum atomic E-state index is -0.494. The molecule has 0 aliphatic carbocycles. The van der Waals surface area contributed by atoms with Crippen LogP contribution >= 0.6 is 0 Å². The maximum Gasteiger partial charge on any atom is 0.226 e. The molecule has 1 aliphatic rings. The van der Waals surface area contributed by atoms with Gasteiger partial charge >= 0.3 is 0 Å². The lowest BCUT2D eigenvalue weighted by Gasteiger charge is -2.24. The number of hydrogen-bond acceptors (Lipinski definition) is 3. The van der Waals surface area contributed by atoms with E-state index in [2.05, 4.69) is 5.32 Å². The number of anilines is 3. The molecule has 3 rings (SSSR count). The van der Waals surface area contributed by atoms with Gasteiger partial charge in [-0.2, -0.15) is 0 Å². The normalized spacial score (nSPS) is 14.2. The van der Waals surface area contributed by atoms with Crippen LogP contribution in [0.15, 0.2) is 42.5 Å². The van der Waals surface area contributed by atoms with Crippen molar-refractivity contribution in [3.05, 3.63) is 48.3 Å². The van der Waals surface area contributed by atoms with Gasteiger partial charge in [0.05, 0.1) is 18.5 Å². The van der Waals surface area contributed by atoms with Crippen molar-refractivity contribution in [3.8, 4) is 5.75 Å². The van der Waals surface area contributed by atoms with Crippen LogP contribution in [0.4, 0.5) is 21.5 Å². The van der Waals surface area contributed by atoms with Gasteiger partial charge in [0.25, 0.3) is 0 Å². The fraction of sp³-hybridized carbons (Fsp3) is 0.188. The van der Waals surface area contributed by atoms with E-state index in [1.54, 1.807) is 6.07 Å². The van der Waals surface area contributed by atoms with E-state index >= 15 is 0 Å². The number of amides is 1. The Kier molecular flexibility index (Phi) is 3.48. The van der Waals surface area contributed by atoms with E-state index in [0.29, 0.717) is 18.7 Å². The quantitative estimate of drug-likeness (QED) is 0.921. The summed E-state index contributed by atoms with van der Waals surface area (Å²) in [5.74, 6) is -0.462. The SMILES string of the molecule is COc1cc2c(cc1F)NC(=O)CCN2c1ccccc1. The molecule has 0 aromatic heterocycles. The Morgan fingerprint density at radius 1 is 1.24 bits per heavy atom. The summed E-state index contributed by atoms with van der Waals surface area (Å²) in [5, 5.41) is 2.74. The summed E-state index contributed by atoms with van der Waals surface area (Å²) in [5.41, 5.74) is 2.13. The molecule has 0 saturated heterocycles. The standard InChI is InChI=1S/C16H15FN2O2/c1-21-15-10-14-13(9-12(15)17)18-16(20)7-8-19(14)11-5-3-2-4-6-11/h2-6,9-10H,7-8H2,1H3,(H,18,20). The number of benzene rings is 2. The van der Waals surface area contributed by atoms with E-state index in [0.717, 1.165) is 11.4 Å². The average molecular weight is 286 g/mol. The highest BCUT2D eigenvalue weighted by atomic mass is 19.1. The van der Waals surface area contributed by atoms with Crippen LogP contribution in [0.1, 0.15) is 6.42 Å². The Labute approximate surface area is 122 Å². The van der Waals surface area contributed by atoms with E-state index in [9.17, 15) is 9.18 Å². The van der Waals surface area contributed by atoms with Crippen LogP contribution in [0, 0.1) is 5.82 Å². The third-order valence-electron chi connectivity index (χ3n) is 3.47. The van der Waals surface area contributed by atoms with E-state index < -0.39 is 5.82 Å². The number of rotatable bonds is 2. The molecule has 0 atom stereocenters. The molecule has 0 spiro atoms. The van der Waals surface area contributed by atoms with Gasteiger partial charge in [-0.1, -0.05) is 18.2 Å². The molecule has 2 aromatic rings. The highest BCUT2D eigenvalue weighted by Gasteiger charge is 2.22. The molecule has 2 aromatic carbocycles. The number of halogens is 1. The summed E-state index contributed by atoms with van der Waals surface area (Å²) in [6.45, 7) is 0.525. The average Bonchev–Trinajstić information content (AvgIpc) is 2.65. The molecule has 108 valence electrons. The first kappa shape index (κ1) is 13.4. The summed E-state index contributed by atoms with van der Waals surface area (Å²) in [6.07, 6.45) is 0.341. The molecule has 0 fully saturated rings. The Balaban J connectivity index is 2.14. The van der Waals surface area contributed by atoms with Gasteiger partial charge in [0, 0.05) is 30.8 Å². The maximum absolute atomic E-state index is 13.9. The number of hydrogen-bond donors (Lipinski definition) is 1. The first-order chi connectivity index (χ1) is 10.2. The second kappa shape index (κ2) is 5.44. The van der Waals surface area contributed by atoms with Crippen molar-refractivity contribution in [1.82, 2.24) is 0 Å². The first-order valence-corrected chi connectivity index (χ1v) is 6.69. The molecule has 1 N–H and O–H groups in total. The van der Waals surface area contributed by atoms with Crippen LogP contribution in [-0.4, -0.2) is 19.6 Å². The van der Waals surface area contributed by atoms with Gasteiger partial charge in [0.2, 0.25) is 5.91 Å². The molecule has 1 heterocycles. The van der Waals surface area contributed by atoms with Gasteiger partial charge < -0.3 is 15.0 Å². The number of fused-ring (bicyclic) bond motifs is 1. The van der Waals surface area contributed by atoms with Crippen LogP contribution in [0.2, 0.25) is 0 Å². The molecule has 5 heteroatoms. The fourth-order valence-corrected chi connectivity index (χ4v) is 2.45. The molecule has 1 amide bonds. The topological polar surface area (TPSA) is 41.6 Å². The number of nitrogens with one attached hydrogen (secondary N) is 1. The number of carbonyl (C=O) groups excluding carboxylic acids is 1. The molecule has 0 radical (unpaired) electrons. The van der Waals surface area contributed by atoms with Crippen LogP contribution in [0.3, 0.4) is 0 Å². The van der Waals surface area contributed by atoms with Crippen molar-refractivity contribution < 1.29 is 13.9 Å². The fourth-order valence-electron chi connectivity index (χ4n) is 2.45. The lowest BCUT2D eigenvalue weighted by Crippen LogP contribution is -2.18. The highest BCUT2D eigenvalue weighted by molar-refractivity contribution is 5.97. The van der Waals surface area contributed by atoms with E-state index in [1.807, 2.05) is 35.2 Å². The smallest absolute Gasteiger partial charge is 0.226 e. The minimum absolute atomic E-state index is 0.126. The molecular formula is C16H15FN2O2. The van der Waals surface area contributed by atoms with Gasteiger partial charge in [-0.15, -0.1) is 0 Å². The molecule has 4 nitrogen and oxygen atoms in total. The molecule has 1 aliphatic heterocycles. The molecule has 0 unspecified atom stereocenters. The lowest BCUT2D eigenvalue weighted by molar-refractivity contribution is -0.115. The van der Waals surface area contributed by atoms with Crippen LogP contribution in [0.5, 0.6) is 5.75 Å². The van der Waals surface area contributed by atoms with E-state index in [-0.39, 0.29) is 11.7 Å². The summed E-state index contributed by atoms with van der Waals surface area (Å²) in [6, 6.07) is 12.6. The first-order valence-electron chi connectivity index (χ1n) is 6.69. The summed E-state index contributed by atoms with van der Waals surface area (Å²) in [4.78, 5) is 13.8. The van der Waals surface area contributed by atoms with Crippen LogP contribution < -0.4 is 15.0 Å². The number of carbonyl (C=O) groups is 1. The Bertz CT molecular complexity index is 673. The summed E-state index contributed by atoms with van der Waals surface area (Å²) >= 11 is 0. The third-order valence-corrected chi connectivity index (χ3v) is 3.47. The predicted octanol–water partition coefficient (Wildman–Crippen LogP) is 3.31. The molecule has 0 bridgehead atoms. The van der Waals surface area contributed by atoms with Crippen molar-refractivity contribution in [2.75, 3.05) is 23.9 Å². The summed E-state index contributed by atoms with van der Waals surface area (Å²) < 4.78 is 18.9. The van der Waals surface area contributed by atoms with E-state index in [4.69, 9.17) is 4.74 Å². The zero-order valence-electron chi connectivity index (χ0n) is 11.6. The monoisotopic (exact) mass is 286 g/mol. The molecular weight excluding hydrogens is 271 g/mol. The van der Waals surface area contributed by atoms with E-state index in [1.165, 1.54) is 13.2 Å². The van der Waals surface area contributed by atoms with Gasteiger partial charge in [0.1, 0.15) is 0 Å². The molecule has 21 heavy (non-hydrogen) atoms.